The number of fused-ring (bicyclic) bond motifs is 1. The molecule has 2 atom stereocenters. The summed E-state index contributed by atoms with van der Waals surface area (Å²) in [5.74, 6) is 2.53. The number of anilines is 1. The lowest BCUT2D eigenvalue weighted by Gasteiger charge is -2.29. The third kappa shape index (κ3) is 9.54. The molecule has 2 aliphatic heterocycles. The molecule has 2 aliphatic rings. The molecule has 0 aliphatic carbocycles. The quantitative estimate of drug-likeness (QED) is 0.0591. The van der Waals surface area contributed by atoms with Gasteiger partial charge in [-0.3, -0.25) is 4.79 Å². The van der Waals surface area contributed by atoms with Gasteiger partial charge in [-0.15, -0.1) is 0 Å². The molecule has 0 radical (unpaired) electrons. The monoisotopic (exact) mass is 785 g/mol. The number of methoxy groups -OCH3 is 3. The van der Waals surface area contributed by atoms with E-state index in [1.807, 2.05) is 36.4 Å². The SMILES string of the molecule is COc1ccc2c(c1)C(=O)NC(c1ccc(OCCCCCCCOc3c(OC)cc(C4=NOC(c5cc(CO)c(CO)c(CO)c5)C4)cc3OC)c(CO)c1)N2. The number of benzene rings is 4. The van der Waals surface area contributed by atoms with Crippen molar-refractivity contribution >= 4 is 17.3 Å². The largest absolute Gasteiger partial charge is 0.497 e. The second kappa shape index (κ2) is 19.6. The Morgan fingerprint density at radius 1 is 0.684 bits per heavy atom. The number of nitrogens with zero attached hydrogens (tertiary/aromatic N) is 1. The fourth-order valence-corrected chi connectivity index (χ4v) is 7.08. The Bertz CT molecular complexity index is 2000. The standard InChI is InChI=1S/C43H51N3O11/c1-52-32-10-11-35-33(20-32)43(51)45-42(44-35)26-9-12-37(31(15-26)24-49)55-13-7-5-4-6-8-14-56-41-39(53-2)18-27(19-40(41)54-3)36-21-38(57-46-36)28-16-29(22-47)34(25-50)30(17-28)23-48/h9-12,15-20,38,42,44,47-50H,4-8,13-14,21-25H2,1-3H3,(H,45,51). The molecule has 4 aromatic rings. The van der Waals surface area contributed by atoms with E-state index in [1.54, 1.807) is 45.6 Å². The van der Waals surface area contributed by atoms with Gasteiger partial charge in [-0.05, 0) is 95.3 Å². The topological polar surface area (TPSA) is 190 Å². The van der Waals surface area contributed by atoms with Crippen LogP contribution in [0.4, 0.5) is 5.69 Å². The normalized spacial score (nSPS) is 15.8. The molecule has 6 N–H and O–H groups in total. The van der Waals surface area contributed by atoms with Crippen molar-refractivity contribution in [2.75, 3.05) is 39.9 Å². The molecule has 304 valence electrons. The van der Waals surface area contributed by atoms with E-state index in [1.165, 1.54) is 0 Å². The number of carbonyl (C=O) groups is 1. The Balaban J connectivity index is 0.941. The lowest BCUT2D eigenvalue weighted by molar-refractivity contribution is 0.0853. The van der Waals surface area contributed by atoms with Gasteiger partial charge in [0.2, 0.25) is 5.75 Å². The van der Waals surface area contributed by atoms with E-state index in [0.29, 0.717) is 87.6 Å². The van der Waals surface area contributed by atoms with Crippen molar-refractivity contribution in [3.63, 3.8) is 0 Å². The van der Waals surface area contributed by atoms with Crippen molar-refractivity contribution in [1.82, 2.24) is 5.32 Å². The molecule has 2 heterocycles. The molecule has 14 heteroatoms. The lowest BCUT2D eigenvalue weighted by Crippen LogP contribution is -2.38. The van der Waals surface area contributed by atoms with Crippen LogP contribution in [0.15, 0.2) is 65.8 Å². The Morgan fingerprint density at radius 3 is 1.96 bits per heavy atom. The molecule has 1 amide bonds. The Morgan fingerprint density at radius 2 is 1.33 bits per heavy atom. The maximum atomic E-state index is 12.8. The highest BCUT2D eigenvalue weighted by atomic mass is 16.6. The number of rotatable bonds is 20. The molecule has 0 spiro atoms. The van der Waals surface area contributed by atoms with E-state index in [9.17, 15) is 25.2 Å². The summed E-state index contributed by atoms with van der Waals surface area (Å²) in [5, 5.41) is 50.1. The minimum atomic E-state index is -0.451. The Hall–Kier alpha value is -5.54. The lowest BCUT2D eigenvalue weighted by atomic mass is 9.93. The molecule has 2 unspecified atom stereocenters. The average Bonchev–Trinajstić information content (AvgIpc) is 3.75. The second-order valence-electron chi connectivity index (χ2n) is 13.8. The zero-order valence-electron chi connectivity index (χ0n) is 32.5. The number of aliphatic hydroxyl groups is 4. The molecule has 0 bridgehead atoms. The maximum Gasteiger partial charge on any atom is 0.255 e. The van der Waals surface area contributed by atoms with E-state index in [4.69, 9.17) is 28.5 Å². The molecular formula is C43H51N3O11. The van der Waals surface area contributed by atoms with Crippen molar-refractivity contribution in [3.8, 4) is 28.7 Å². The van der Waals surface area contributed by atoms with Crippen molar-refractivity contribution in [1.29, 1.82) is 0 Å². The van der Waals surface area contributed by atoms with Crippen molar-refractivity contribution in [2.24, 2.45) is 5.16 Å². The first-order chi connectivity index (χ1) is 27.8. The van der Waals surface area contributed by atoms with Crippen LogP contribution in [0.1, 0.15) is 100 Å². The van der Waals surface area contributed by atoms with E-state index >= 15 is 0 Å². The van der Waals surface area contributed by atoms with Crippen LogP contribution in [0.5, 0.6) is 28.7 Å². The van der Waals surface area contributed by atoms with Gasteiger partial charge in [0, 0.05) is 23.2 Å². The van der Waals surface area contributed by atoms with E-state index in [0.717, 1.165) is 48.8 Å². The summed E-state index contributed by atoms with van der Waals surface area (Å²) in [7, 11) is 4.70. The molecule has 0 aromatic heterocycles. The number of amides is 1. The minimum Gasteiger partial charge on any atom is -0.497 e. The molecule has 0 saturated carbocycles. The van der Waals surface area contributed by atoms with Crippen LogP contribution in [0.25, 0.3) is 0 Å². The molecular weight excluding hydrogens is 734 g/mol. The number of oxime groups is 1. The second-order valence-corrected chi connectivity index (χ2v) is 13.8. The number of nitrogens with one attached hydrogen (secondary N) is 2. The molecule has 6 rings (SSSR count). The van der Waals surface area contributed by atoms with Gasteiger partial charge in [0.25, 0.3) is 5.91 Å². The number of hydrogen-bond donors (Lipinski definition) is 6. The Kier molecular flexibility index (Phi) is 14.1. The molecule has 0 fully saturated rings. The first kappa shape index (κ1) is 41.1. The van der Waals surface area contributed by atoms with Gasteiger partial charge < -0.3 is 59.6 Å². The summed E-state index contributed by atoms with van der Waals surface area (Å²) < 4.78 is 28.8. The highest BCUT2D eigenvalue weighted by Gasteiger charge is 2.28. The fourth-order valence-electron chi connectivity index (χ4n) is 7.08. The third-order valence-corrected chi connectivity index (χ3v) is 10.2. The summed E-state index contributed by atoms with van der Waals surface area (Å²) in [4.78, 5) is 18.6. The summed E-state index contributed by atoms with van der Waals surface area (Å²) in [6, 6.07) is 18.1. The maximum absolute atomic E-state index is 12.8. The van der Waals surface area contributed by atoms with Gasteiger partial charge in [0.05, 0.1) is 72.2 Å². The number of aliphatic hydroxyl groups excluding tert-OH is 4. The van der Waals surface area contributed by atoms with Gasteiger partial charge in [0.15, 0.2) is 17.6 Å². The first-order valence-electron chi connectivity index (χ1n) is 19.0. The van der Waals surface area contributed by atoms with Crippen molar-refractivity contribution in [2.45, 2.75) is 77.2 Å². The smallest absolute Gasteiger partial charge is 0.255 e. The van der Waals surface area contributed by atoms with Gasteiger partial charge in [-0.25, -0.2) is 0 Å². The molecule has 4 aromatic carbocycles. The summed E-state index contributed by atoms with van der Waals surface area (Å²) >= 11 is 0. The zero-order chi connectivity index (χ0) is 40.3. The van der Waals surface area contributed by atoms with Crippen molar-refractivity contribution < 1.29 is 53.7 Å². The molecule has 57 heavy (non-hydrogen) atoms. The predicted molar refractivity (Wildman–Crippen MR) is 212 cm³/mol. The first-order valence-corrected chi connectivity index (χ1v) is 19.0. The van der Waals surface area contributed by atoms with E-state index in [-0.39, 0.29) is 32.3 Å². The number of carbonyl (C=O) groups excluding carboxylic acids is 1. The summed E-state index contributed by atoms with van der Waals surface area (Å²) in [6.45, 7) is -0.0440. The molecule has 14 nitrogen and oxygen atoms in total. The fraction of sp³-hybridized carbons (Fsp3) is 0.395. The van der Waals surface area contributed by atoms with Crippen LogP contribution in [0, 0.1) is 0 Å². The predicted octanol–water partition coefficient (Wildman–Crippen LogP) is 5.81. The van der Waals surface area contributed by atoms with Crippen LogP contribution in [-0.2, 0) is 31.3 Å². The highest BCUT2D eigenvalue weighted by molar-refractivity contribution is 6.03. The van der Waals surface area contributed by atoms with Crippen LogP contribution in [-0.4, -0.2) is 66.6 Å². The Labute approximate surface area is 331 Å². The van der Waals surface area contributed by atoms with Crippen LogP contribution >= 0.6 is 0 Å². The number of hydrogen-bond acceptors (Lipinski definition) is 13. The van der Waals surface area contributed by atoms with E-state index in [2.05, 4.69) is 15.8 Å². The van der Waals surface area contributed by atoms with E-state index < -0.39 is 12.3 Å². The van der Waals surface area contributed by atoms with Gasteiger partial charge in [-0.1, -0.05) is 30.5 Å². The van der Waals surface area contributed by atoms with Crippen LogP contribution < -0.4 is 34.3 Å². The van der Waals surface area contributed by atoms with Gasteiger partial charge in [-0.2, -0.15) is 0 Å². The zero-order valence-corrected chi connectivity index (χ0v) is 32.5. The molecule has 0 saturated heterocycles. The van der Waals surface area contributed by atoms with Crippen LogP contribution in [0.2, 0.25) is 0 Å². The number of unbranched alkanes of at least 4 members (excludes halogenated alkanes) is 4. The van der Waals surface area contributed by atoms with Gasteiger partial charge >= 0.3 is 0 Å². The third-order valence-electron chi connectivity index (χ3n) is 10.2. The summed E-state index contributed by atoms with van der Waals surface area (Å²) in [6.07, 6.45) is 4.15. The van der Waals surface area contributed by atoms with Crippen LogP contribution in [0.3, 0.4) is 0 Å². The highest BCUT2D eigenvalue weighted by Crippen LogP contribution is 2.41. The van der Waals surface area contributed by atoms with Crippen molar-refractivity contribution in [3.05, 3.63) is 105 Å². The van der Waals surface area contributed by atoms with Gasteiger partial charge in [0.1, 0.15) is 17.7 Å². The number of ether oxygens (including phenoxy) is 5. The average molecular weight is 786 g/mol. The minimum absolute atomic E-state index is 0.194. The summed E-state index contributed by atoms with van der Waals surface area (Å²) in [5.41, 5.74) is 6.42.